The van der Waals surface area contributed by atoms with Gasteiger partial charge in [-0.05, 0) is 27.9 Å². The molecule has 0 fully saturated rings. The molecule has 0 radical (unpaired) electrons. The third-order valence-electron chi connectivity index (χ3n) is 2.81. The molecule has 1 heterocycles. The minimum absolute atomic E-state index is 0.112. The fraction of sp³-hybridized carbons (Fsp3) is 0.500. The standard InChI is InChI=1S/C12H17BrN2O3S/c1-3-7(2)10(11(16)17)15-12(18)14-5-9-4-8(13)6-19-9/h4,6-7,10H,3,5H2,1-2H3,(H,16,17)(H2,14,15,18)/t7?,10-/m0/s1. The Morgan fingerprint density at radius 3 is 2.68 bits per heavy atom. The minimum Gasteiger partial charge on any atom is -0.480 e. The van der Waals surface area contributed by atoms with Crippen LogP contribution in [0, 0.1) is 5.92 Å². The molecule has 0 spiro atoms. The van der Waals surface area contributed by atoms with E-state index in [0.29, 0.717) is 13.0 Å². The second-order valence-electron chi connectivity index (χ2n) is 4.26. The molecule has 1 rings (SSSR count). The molecule has 7 heteroatoms. The molecule has 1 aromatic heterocycles. The average Bonchev–Trinajstić information content (AvgIpc) is 2.78. The zero-order chi connectivity index (χ0) is 14.4. The van der Waals surface area contributed by atoms with Crippen LogP contribution in [0.4, 0.5) is 4.79 Å². The SMILES string of the molecule is CCC(C)[C@H](NC(=O)NCc1cc(Br)cs1)C(=O)O. The number of rotatable bonds is 6. The number of carbonyl (C=O) groups excluding carboxylic acids is 1. The van der Waals surface area contributed by atoms with Crippen LogP contribution in [-0.2, 0) is 11.3 Å². The van der Waals surface area contributed by atoms with Crippen molar-refractivity contribution in [2.45, 2.75) is 32.9 Å². The van der Waals surface area contributed by atoms with Gasteiger partial charge < -0.3 is 15.7 Å². The lowest BCUT2D eigenvalue weighted by molar-refractivity contribution is -0.140. The molecular weight excluding hydrogens is 332 g/mol. The van der Waals surface area contributed by atoms with Crippen molar-refractivity contribution in [3.63, 3.8) is 0 Å². The molecule has 0 saturated heterocycles. The molecule has 2 atom stereocenters. The molecular formula is C12H17BrN2O3S. The quantitative estimate of drug-likeness (QED) is 0.739. The zero-order valence-electron chi connectivity index (χ0n) is 10.8. The van der Waals surface area contributed by atoms with Crippen LogP contribution in [-0.4, -0.2) is 23.1 Å². The van der Waals surface area contributed by atoms with Crippen molar-refractivity contribution in [1.82, 2.24) is 10.6 Å². The Morgan fingerprint density at radius 2 is 2.21 bits per heavy atom. The average molecular weight is 349 g/mol. The predicted octanol–water partition coefficient (Wildman–Crippen LogP) is 2.81. The van der Waals surface area contributed by atoms with Crippen LogP contribution in [0.1, 0.15) is 25.1 Å². The van der Waals surface area contributed by atoms with Gasteiger partial charge in [0.15, 0.2) is 0 Å². The largest absolute Gasteiger partial charge is 0.480 e. The highest BCUT2D eigenvalue weighted by Crippen LogP contribution is 2.19. The van der Waals surface area contributed by atoms with Crippen molar-refractivity contribution in [1.29, 1.82) is 0 Å². The molecule has 0 aliphatic carbocycles. The van der Waals surface area contributed by atoms with E-state index in [-0.39, 0.29) is 5.92 Å². The Balaban J connectivity index is 2.46. The monoisotopic (exact) mass is 348 g/mol. The molecule has 0 saturated carbocycles. The lowest BCUT2D eigenvalue weighted by atomic mass is 9.99. The van der Waals surface area contributed by atoms with Gasteiger partial charge in [0.05, 0.1) is 6.54 Å². The first kappa shape index (κ1) is 16.0. The van der Waals surface area contributed by atoms with Gasteiger partial charge in [0, 0.05) is 14.7 Å². The number of hydrogen-bond acceptors (Lipinski definition) is 3. The van der Waals surface area contributed by atoms with E-state index in [9.17, 15) is 9.59 Å². The van der Waals surface area contributed by atoms with Gasteiger partial charge in [0.25, 0.3) is 0 Å². The topological polar surface area (TPSA) is 78.4 Å². The first-order valence-electron chi connectivity index (χ1n) is 5.94. The van der Waals surface area contributed by atoms with Crippen molar-refractivity contribution in [3.8, 4) is 0 Å². The summed E-state index contributed by atoms with van der Waals surface area (Å²) in [6.07, 6.45) is 0.690. The lowest BCUT2D eigenvalue weighted by Gasteiger charge is -2.20. The van der Waals surface area contributed by atoms with Crippen LogP contribution in [0.15, 0.2) is 15.9 Å². The molecule has 0 aliphatic heterocycles. The molecule has 0 bridgehead atoms. The second kappa shape index (κ2) is 7.49. The van der Waals surface area contributed by atoms with Crippen LogP contribution in [0.2, 0.25) is 0 Å². The summed E-state index contributed by atoms with van der Waals surface area (Å²) in [4.78, 5) is 23.7. The minimum atomic E-state index is -1.01. The third kappa shape index (κ3) is 5.20. The molecule has 5 nitrogen and oxygen atoms in total. The number of hydrogen-bond donors (Lipinski definition) is 3. The normalized spacial score (nSPS) is 13.6. The van der Waals surface area contributed by atoms with Gasteiger partial charge in [-0.25, -0.2) is 9.59 Å². The molecule has 1 unspecified atom stereocenters. The van der Waals surface area contributed by atoms with Crippen LogP contribution in [0.3, 0.4) is 0 Å². The van der Waals surface area contributed by atoms with Gasteiger partial charge in [-0.2, -0.15) is 0 Å². The number of carbonyl (C=O) groups is 2. The lowest BCUT2D eigenvalue weighted by Crippen LogP contribution is -2.48. The van der Waals surface area contributed by atoms with Crippen LogP contribution >= 0.6 is 27.3 Å². The number of halogens is 1. The molecule has 1 aromatic rings. The summed E-state index contributed by atoms with van der Waals surface area (Å²) >= 11 is 4.85. The maximum atomic E-state index is 11.7. The van der Waals surface area contributed by atoms with Crippen molar-refractivity contribution in [2.75, 3.05) is 0 Å². The fourth-order valence-corrected chi connectivity index (χ4v) is 2.88. The number of amides is 2. The van der Waals surface area contributed by atoms with Crippen molar-refractivity contribution in [2.24, 2.45) is 5.92 Å². The molecule has 0 aromatic carbocycles. The summed E-state index contributed by atoms with van der Waals surface area (Å²) in [5, 5.41) is 16.1. The van der Waals surface area contributed by atoms with Gasteiger partial charge in [0.1, 0.15) is 6.04 Å². The summed E-state index contributed by atoms with van der Waals surface area (Å²) in [6.45, 7) is 4.08. The smallest absolute Gasteiger partial charge is 0.326 e. The number of carboxylic acids is 1. The number of urea groups is 1. The van der Waals surface area contributed by atoms with E-state index in [1.807, 2.05) is 18.4 Å². The second-order valence-corrected chi connectivity index (χ2v) is 6.17. The van der Waals surface area contributed by atoms with Crippen LogP contribution in [0.5, 0.6) is 0 Å². The Hall–Kier alpha value is -1.08. The summed E-state index contributed by atoms with van der Waals surface area (Å²) < 4.78 is 0.970. The van der Waals surface area contributed by atoms with Crippen LogP contribution in [0.25, 0.3) is 0 Å². The summed E-state index contributed by atoms with van der Waals surface area (Å²) in [5.74, 6) is -1.12. The Bertz CT molecular complexity index is 450. The molecule has 19 heavy (non-hydrogen) atoms. The highest BCUT2D eigenvalue weighted by atomic mass is 79.9. The maximum absolute atomic E-state index is 11.7. The summed E-state index contributed by atoms with van der Waals surface area (Å²) in [6, 6.07) is 0.589. The van der Waals surface area contributed by atoms with E-state index >= 15 is 0 Å². The highest BCUT2D eigenvalue weighted by Gasteiger charge is 2.25. The highest BCUT2D eigenvalue weighted by molar-refractivity contribution is 9.10. The number of aliphatic carboxylic acids is 1. The van der Waals surface area contributed by atoms with E-state index in [4.69, 9.17) is 5.11 Å². The van der Waals surface area contributed by atoms with Gasteiger partial charge in [-0.1, -0.05) is 20.3 Å². The number of thiophene rings is 1. The third-order valence-corrected chi connectivity index (χ3v) is 4.51. The Kier molecular flexibility index (Phi) is 6.30. The predicted molar refractivity (Wildman–Crippen MR) is 78.3 cm³/mol. The van der Waals surface area contributed by atoms with E-state index < -0.39 is 18.0 Å². The first-order valence-corrected chi connectivity index (χ1v) is 7.61. The zero-order valence-corrected chi connectivity index (χ0v) is 13.2. The van der Waals surface area contributed by atoms with Gasteiger partial charge >= 0.3 is 12.0 Å². The van der Waals surface area contributed by atoms with E-state index in [0.717, 1.165) is 9.35 Å². The summed E-state index contributed by atoms with van der Waals surface area (Å²) in [7, 11) is 0. The van der Waals surface area contributed by atoms with E-state index in [2.05, 4.69) is 26.6 Å². The van der Waals surface area contributed by atoms with E-state index in [1.54, 1.807) is 6.92 Å². The number of nitrogens with one attached hydrogen (secondary N) is 2. The summed E-state index contributed by atoms with van der Waals surface area (Å²) in [5.41, 5.74) is 0. The first-order chi connectivity index (χ1) is 8.93. The number of carboxylic acid groups (broad SMARTS) is 1. The Morgan fingerprint density at radius 1 is 1.53 bits per heavy atom. The van der Waals surface area contributed by atoms with Gasteiger partial charge in [-0.3, -0.25) is 0 Å². The van der Waals surface area contributed by atoms with Crippen molar-refractivity contribution < 1.29 is 14.7 Å². The van der Waals surface area contributed by atoms with Crippen LogP contribution < -0.4 is 10.6 Å². The molecule has 0 aliphatic rings. The van der Waals surface area contributed by atoms with E-state index in [1.165, 1.54) is 11.3 Å². The van der Waals surface area contributed by atoms with Crippen molar-refractivity contribution >= 4 is 39.3 Å². The van der Waals surface area contributed by atoms with Crippen molar-refractivity contribution in [3.05, 3.63) is 20.8 Å². The fourth-order valence-electron chi connectivity index (χ4n) is 1.49. The van der Waals surface area contributed by atoms with Gasteiger partial charge in [0.2, 0.25) is 0 Å². The maximum Gasteiger partial charge on any atom is 0.326 e. The molecule has 106 valence electrons. The molecule has 3 N–H and O–H groups in total. The van der Waals surface area contributed by atoms with Gasteiger partial charge in [-0.15, -0.1) is 11.3 Å². The Labute approximate surface area is 124 Å². The molecule has 2 amide bonds.